The number of benzene rings is 1. The first-order chi connectivity index (χ1) is 16.7. The van der Waals surface area contributed by atoms with Gasteiger partial charge >= 0.3 is 0 Å². The predicted molar refractivity (Wildman–Crippen MR) is 142 cm³/mol. The van der Waals surface area contributed by atoms with E-state index in [2.05, 4.69) is 33.4 Å². The lowest BCUT2D eigenvalue weighted by Gasteiger charge is -2.14. The molecular formula is C27H27N5O2S. The number of nitrogens with two attached hydrogens (primary N) is 1. The summed E-state index contributed by atoms with van der Waals surface area (Å²) in [7, 11) is 0. The normalized spacial score (nSPS) is 12.2. The van der Waals surface area contributed by atoms with Gasteiger partial charge < -0.3 is 19.9 Å². The Bertz CT molecular complexity index is 1580. The number of hydrogen-bond acceptors (Lipinski definition) is 6. The summed E-state index contributed by atoms with van der Waals surface area (Å²) >= 11 is 1.68. The Morgan fingerprint density at radius 3 is 2.91 bits per heavy atom. The largest absolute Gasteiger partial charge is 0.490 e. The predicted octanol–water partition coefficient (Wildman–Crippen LogP) is 6.32. The first-order valence-corrected chi connectivity index (χ1v) is 11.9. The molecule has 178 valence electrons. The highest BCUT2D eigenvalue weighted by Crippen LogP contribution is 2.40. The maximum atomic E-state index is 6.43. The molecule has 5 aromatic heterocycles. The number of para-hydroxylation sites is 1. The molecule has 0 aliphatic carbocycles. The van der Waals surface area contributed by atoms with Gasteiger partial charge in [-0.1, -0.05) is 25.6 Å². The molecule has 1 aromatic carbocycles. The monoisotopic (exact) mass is 485 g/mol. The van der Waals surface area contributed by atoms with Crippen LogP contribution in [0, 0.1) is 6.92 Å². The lowest BCUT2D eigenvalue weighted by atomic mass is 10.1. The summed E-state index contributed by atoms with van der Waals surface area (Å²) in [6.07, 6.45) is 7.85. The van der Waals surface area contributed by atoms with E-state index in [0.29, 0.717) is 12.4 Å². The second kappa shape index (κ2) is 9.40. The maximum absolute atomic E-state index is 6.43. The quantitative estimate of drug-likeness (QED) is 0.245. The number of aromatic amines is 2. The molecule has 8 heteroatoms. The molecule has 4 N–H and O–H groups in total. The van der Waals surface area contributed by atoms with Crippen molar-refractivity contribution >= 4 is 32.5 Å². The summed E-state index contributed by atoms with van der Waals surface area (Å²) in [6.45, 7) is 2.41. The minimum absolute atomic E-state index is 0. The van der Waals surface area contributed by atoms with E-state index in [9.17, 15) is 0 Å². The van der Waals surface area contributed by atoms with E-state index >= 15 is 0 Å². The van der Waals surface area contributed by atoms with E-state index in [4.69, 9.17) is 19.9 Å². The summed E-state index contributed by atoms with van der Waals surface area (Å²) in [5.41, 5.74) is 13.5. The highest BCUT2D eigenvalue weighted by molar-refractivity contribution is 7.22. The zero-order chi connectivity index (χ0) is 23.1. The maximum Gasteiger partial charge on any atom is 0.138 e. The number of nitrogens with one attached hydrogen (secondary N) is 2. The number of thiophene rings is 1. The van der Waals surface area contributed by atoms with Crippen molar-refractivity contribution in [3.8, 4) is 27.4 Å². The van der Waals surface area contributed by atoms with Gasteiger partial charge in [0.1, 0.15) is 17.9 Å². The third-order valence-electron chi connectivity index (χ3n) is 5.94. The van der Waals surface area contributed by atoms with E-state index in [0.717, 1.165) is 49.5 Å². The van der Waals surface area contributed by atoms with Gasteiger partial charge in [0, 0.05) is 44.8 Å². The summed E-state index contributed by atoms with van der Waals surface area (Å²) in [5, 5.41) is 8.63. The van der Waals surface area contributed by atoms with Crippen LogP contribution in [0.4, 0.5) is 0 Å². The van der Waals surface area contributed by atoms with Crippen molar-refractivity contribution in [2.75, 3.05) is 6.61 Å². The molecule has 0 radical (unpaired) electrons. The van der Waals surface area contributed by atoms with Crippen molar-refractivity contribution in [1.82, 2.24) is 20.2 Å². The van der Waals surface area contributed by atoms with Gasteiger partial charge in [-0.15, -0.1) is 11.3 Å². The van der Waals surface area contributed by atoms with Gasteiger partial charge in [-0.25, -0.2) is 0 Å². The fraction of sp³-hybridized carbons (Fsp3) is 0.185. The molecule has 0 fully saturated rings. The van der Waals surface area contributed by atoms with Gasteiger partial charge in [-0.2, -0.15) is 5.10 Å². The summed E-state index contributed by atoms with van der Waals surface area (Å²) in [4.78, 5) is 9.10. The molecule has 5 heterocycles. The SMILES string of the molecule is C.Cc1[nH]nc2cc(-c3cc(OC[C@@H](N)Cc4c[nH]c5ccccc45)cnc3-c3ccoc3)sc12. The van der Waals surface area contributed by atoms with Gasteiger partial charge in [-0.3, -0.25) is 10.1 Å². The number of aryl methyl sites for hydroxylation is 1. The van der Waals surface area contributed by atoms with Crippen LogP contribution < -0.4 is 10.5 Å². The molecule has 0 saturated heterocycles. The molecule has 0 unspecified atom stereocenters. The number of H-pyrrole nitrogens is 2. The average molecular weight is 486 g/mol. The first kappa shape index (κ1) is 22.9. The van der Waals surface area contributed by atoms with Crippen LogP contribution in [0.25, 0.3) is 42.8 Å². The Morgan fingerprint density at radius 2 is 2.09 bits per heavy atom. The zero-order valence-corrected chi connectivity index (χ0v) is 19.4. The zero-order valence-electron chi connectivity index (χ0n) is 18.5. The van der Waals surface area contributed by atoms with E-state index in [1.807, 2.05) is 37.4 Å². The van der Waals surface area contributed by atoms with E-state index in [1.54, 1.807) is 30.1 Å². The number of furan rings is 1. The summed E-state index contributed by atoms with van der Waals surface area (Å²) < 4.78 is 12.6. The summed E-state index contributed by atoms with van der Waals surface area (Å²) in [5.74, 6) is 0.681. The smallest absolute Gasteiger partial charge is 0.138 e. The van der Waals surface area contributed by atoms with Gasteiger partial charge in [0.05, 0.1) is 29.1 Å². The van der Waals surface area contributed by atoms with Crippen LogP contribution >= 0.6 is 11.3 Å². The fourth-order valence-corrected chi connectivity index (χ4v) is 5.31. The number of hydrogen-bond donors (Lipinski definition) is 3. The Hall–Kier alpha value is -3.88. The number of nitrogens with zero attached hydrogens (tertiary/aromatic N) is 2. The first-order valence-electron chi connectivity index (χ1n) is 11.1. The minimum Gasteiger partial charge on any atom is -0.490 e. The molecule has 1 atom stereocenters. The number of fused-ring (bicyclic) bond motifs is 2. The van der Waals surface area contributed by atoms with Gasteiger partial charge in [0.25, 0.3) is 0 Å². The van der Waals surface area contributed by atoms with Crippen molar-refractivity contribution in [1.29, 1.82) is 0 Å². The Kier molecular flexibility index (Phi) is 6.15. The molecule has 0 saturated carbocycles. The molecule has 0 spiro atoms. The lowest BCUT2D eigenvalue weighted by molar-refractivity contribution is 0.287. The van der Waals surface area contributed by atoms with Crippen LogP contribution in [0.5, 0.6) is 5.75 Å². The number of rotatable bonds is 7. The second-order valence-electron chi connectivity index (χ2n) is 8.39. The average Bonchev–Trinajstić information content (AvgIpc) is 3.65. The molecule has 6 aromatic rings. The molecule has 0 amide bonds. The van der Waals surface area contributed by atoms with Crippen LogP contribution in [-0.2, 0) is 6.42 Å². The molecule has 7 nitrogen and oxygen atoms in total. The lowest BCUT2D eigenvalue weighted by Crippen LogP contribution is -2.30. The minimum atomic E-state index is -0.149. The van der Waals surface area contributed by atoms with Crippen LogP contribution in [-0.4, -0.2) is 32.8 Å². The van der Waals surface area contributed by atoms with Crippen molar-refractivity contribution in [3.63, 3.8) is 0 Å². The number of ether oxygens (including phenoxy) is 1. The molecule has 35 heavy (non-hydrogen) atoms. The highest BCUT2D eigenvalue weighted by atomic mass is 32.1. The fourth-order valence-electron chi connectivity index (χ4n) is 4.25. The third kappa shape index (κ3) is 4.34. The Labute approximate surface area is 207 Å². The Morgan fingerprint density at radius 1 is 1.20 bits per heavy atom. The molecule has 0 bridgehead atoms. The van der Waals surface area contributed by atoms with Crippen molar-refractivity contribution in [2.45, 2.75) is 26.8 Å². The number of aromatic nitrogens is 4. The molecule has 0 aliphatic rings. The standard InChI is InChI=1S/C26H23N5O2S.CH4/c1-15-26-23(31-30-15)10-24(34-26)21-9-19(12-29-25(21)16-6-7-32-13-16)33-14-18(27)8-17-11-28-22-5-3-2-4-20(17)22;/h2-7,9-13,18,28H,8,14,27H2,1H3,(H,30,31);1H4/t18-;/m0./s1. The van der Waals surface area contributed by atoms with Crippen LogP contribution in [0.2, 0.25) is 0 Å². The van der Waals surface area contributed by atoms with Crippen LogP contribution in [0.3, 0.4) is 0 Å². The van der Waals surface area contributed by atoms with Crippen molar-refractivity contribution < 1.29 is 9.15 Å². The molecule has 6 rings (SSSR count). The summed E-state index contributed by atoms with van der Waals surface area (Å²) in [6, 6.07) is 14.1. The van der Waals surface area contributed by atoms with Gasteiger partial charge in [-0.05, 0) is 43.2 Å². The third-order valence-corrected chi connectivity index (χ3v) is 7.22. The second-order valence-corrected chi connectivity index (χ2v) is 9.44. The molecule has 0 aliphatic heterocycles. The van der Waals surface area contributed by atoms with E-state index in [1.165, 1.54) is 10.9 Å². The topological polar surface area (TPSA) is 106 Å². The van der Waals surface area contributed by atoms with Crippen molar-refractivity contribution in [2.24, 2.45) is 5.73 Å². The van der Waals surface area contributed by atoms with E-state index in [-0.39, 0.29) is 13.5 Å². The van der Waals surface area contributed by atoms with Crippen LogP contribution in [0.1, 0.15) is 18.7 Å². The van der Waals surface area contributed by atoms with Crippen LogP contribution in [0.15, 0.2) is 71.8 Å². The van der Waals surface area contributed by atoms with E-state index < -0.39 is 0 Å². The Balaban J connectivity index is 0.00000253. The van der Waals surface area contributed by atoms with Gasteiger partial charge in [0.15, 0.2) is 0 Å². The highest BCUT2D eigenvalue weighted by Gasteiger charge is 2.17. The van der Waals surface area contributed by atoms with Gasteiger partial charge in [0.2, 0.25) is 0 Å². The number of pyridine rings is 1. The van der Waals surface area contributed by atoms with Crippen molar-refractivity contribution in [3.05, 3.63) is 78.6 Å². The molecular weight excluding hydrogens is 458 g/mol.